The van der Waals surface area contributed by atoms with Crippen molar-refractivity contribution in [2.45, 2.75) is 49.1 Å². The molecule has 3 aromatic rings. The molecule has 1 saturated carbocycles. The third-order valence-corrected chi connectivity index (χ3v) is 7.58. The number of carbonyl (C=O) groups excluding carboxylic acids is 1. The van der Waals surface area contributed by atoms with Crippen LogP contribution in [0.25, 0.3) is 11.3 Å². The van der Waals surface area contributed by atoms with Crippen LogP contribution in [-0.4, -0.2) is 43.5 Å². The molecule has 1 aliphatic rings. The molecule has 3 N–H and O–H groups in total. The van der Waals surface area contributed by atoms with Crippen molar-refractivity contribution in [1.82, 2.24) is 9.97 Å². The number of pyridine rings is 2. The van der Waals surface area contributed by atoms with Gasteiger partial charge in [0.1, 0.15) is 28.8 Å². The molecule has 0 aliphatic heterocycles. The predicted octanol–water partition coefficient (Wildman–Crippen LogP) is 3.93. The van der Waals surface area contributed by atoms with Gasteiger partial charge < -0.3 is 10.8 Å². The van der Waals surface area contributed by atoms with E-state index in [-0.39, 0.29) is 28.8 Å². The number of aromatic nitrogens is 2. The van der Waals surface area contributed by atoms with Crippen LogP contribution in [0.4, 0.5) is 13.2 Å². The maximum atomic E-state index is 14.7. The fourth-order valence-corrected chi connectivity index (χ4v) is 5.33. The Balaban J connectivity index is 1.64. The zero-order valence-corrected chi connectivity index (χ0v) is 20.6. The number of carbonyl (C=O) groups is 1. The van der Waals surface area contributed by atoms with Crippen LogP contribution < -0.4 is 5.73 Å². The van der Waals surface area contributed by atoms with Crippen LogP contribution >= 0.6 is 0 Å². The van der Waals surface area contributed by atoms with Gasteiger partial charge in [0.15, 0.2) is 5.78 Å². The molecule has 0 radical (unpaired) electrons. The van der Waals surface area contributed by atoms with E-state index < -0.39 is 57.4 Å². The molecule has 0 spiro atoms. The molecule has 4 rings (SSSR count). The molecule has 2 heterocycles. The molecule has 0 saturated heterocycles. The van der Waals surface area contributed by atoms with E-state index in [0.717, 1.165) is 29.8 Å². The SMILES string of the molecule is C[C@H]1C[C@@H](c2ccncc2CC(=O)c2ccc(F)c(-c3c(F)cc([S@](C)=O)cc3F)n2)C[C@@H](N)[C@@H]1O. The molecule has 36 heavy (non-hydrogen) atoms. The topological polar surface area (TPSA) is 106 Å². The highest BCUT2D eigenvalue weighted by atomic mass is 32.2. The van der Waals surface area contributed by atoms with Gasteiger partial charge in [0.05, 0.1) is 11.7 Å². The van der Waals surface area contributed by atoms with Gasteiger partial charge in [-0.25, -0.2) is 18.2 Å². The number of nitrogens with zero attached hydrogens (tertiary/aromatic N) is 2. The Morgan fingerprint density at radius 2 is 1.83 bits per heavy atom. The quantitative estimate of drug-likeness (QED) is 0.480. The molecule has 6 nitrogen and oxygen atoms in total. The maximum absolute atomic E-state index is 14.7. The summed E-state index contributed by atoms with van der Waals surface area (Å²) in [4.78, 5) is 21.1. The average Bonchev–Trinajstić information content (AvgIpc) is 2.83. The Hall–Kier alpha value is -2.95. The van der Waals surface area contributed by atoms with Gasteiger partial charge in [0.25, 0.3) is 0 Å². The molecule has 10 heteroatoms. The Bertz CT molecular complexity index is 1300. The first-order valence-electron chi connectivity index (χ1n) is 11.5. The number of aliphatic hydroxyl groups excluding tert-OH is 1. The van der Waals surface area contributed by atoms with Gasteiger partial charge in [0, 0.05) is 46.8 Å². The van der Waals surface area contributed by atoms with Crippen molar-refractivity contribution >= 4 is 16.6 Å². The number of Topliss-reactive ketones (excluding diaryl/α,β-unsaturated/α-hetero) is 1. The zero-order valence-electron chi connectivity index (χ0n) is 19.7. The van der Waals surface area contributed by atoms with Crippen molar-refractivity contribution in [3.63, 3.8) is 0 Å². The Labute approximate surface area is 209 Å². The lowest BCUT2D eigenvalue weighted by atomic mass is 9.74. The number of benzene rings is 1. The molecule has 1 fully saturated rings. The summed E-state index contributed by atoms with van der Waals surface area (Å²) in [6, 6.07) is 5.25. The molecule has 2 aromatic heterocycles. The van der Waals surface area contributed by atoms with Crippen molar-refractivity contribution in [2.24, 2.45) is 11.7 Å². The van der Waals surface area contributed by atoms with Crippen LogP contribution in [0.3, 0.4) is 0 Å². The molecule has 0 amide bonds. The summed E-state index contributed by atoms with van der Waals surface area (Å²) in [6.45, 7) is 1.93. The first-order valence-corrected chi connectivity index (χ1v) is 13.0. The van der Waals surface area contributed by atoms with E-state index in [1.807, 2.05) is 13.0 Å². The lowest BCUT2D eigenvalue weighted by Crippen LogP contribution is -2.44. The Morgan fingerprint density at radius 1 is 1.14 bits per heavy atom. The normalized spacial score (nSPS) is 22.9. The number of hydrogen-bond acceptors (Lipinski definition) is 6. The minimum absolute atomic E-state index is 0.0156. The van der Waals surface area contributed by atoms with Crippen molar-refractivity contribution < 1.29 is 27.3 Å². The molecular formula is C26H26F3N3O3S. The van der Waals surface area contributed by atoms with Crippen LogP contribution in [0, 0.1) is 23.4 Å². The standard InChI is InChI=1S/C26H26F3N3O3S/c1-13-7-14(8-21(30)26(13)34)17-5-6-31-12-15(17)9-23(33)22-4-3-18(27)25(32-22)24-19(28)10-16(36(2)35)11-20(24)29/h3-6,10-14,21,26,34H,7-9,30H2,1-2H3/t13-,14+,21+,26+,36-/m0/s1. The summed E-state index contributed by atoms with van der Waals surface area (Å²) < 4.78 is 55.5. The number of ketones is 1. The monoisotopic (exact) mass is 517 g/mol. The third-order valence-electron chi connectivity index (χ3n) is 6.68. The summed E-state index contributed by atoms with van der Waals surface area (Å²) in [5.41, 5.74) is 6.11. The van der Waals surface area contributed by atoms with E-state index in [4.69, 9.17) is 5.73 Å². The Kier molecular flexibility index (Phi) is 7.67. The fourth-order valence-electron chi connectivity index (χ4n) is 4.79. The summed E-state index contributed by atoms with van der Waals surface area (Å²) in [5.74, 6) is -3.73. The van der Waals surface area contributed by atoms with Gasteiger partial charge in [-0.15, -0.1) is 0 Å². The van der Waals surface area contributed by atoms with Gasteiger partial charge in [-0.2, -0.15) is 0 Å². The second-order valence-electron chi connectivity index (χ2n) is 9.22. The zero-order chi connectivity index (χ0) is 26.1. The number of hydrogen-bond donors (Lipinski definition) is 2. The molecule has 1 aromatic carbocycles. The van der Waals surface area contributed by atoms with E-state index in [9.17, 15) is 27.3 Å². The third kappa shape index (κ3) is 5.25. The van der Waals surface area contributed by atoms with Crippen molar-refractivity contribution in [3.8, 4) is 11.3 Å². The van der Waals surface area contributed by atoms with E-state index in [2.05, 4.69) is 9.97 Å². The van der Waals surface area contributed by atoms with Gasteiger partial charge in [-0.05, 0) is 66.1 Å². The maximum Gasteiger partial charge on any atom is 0.185 e. The van der Waals surface area contributed by atoms with E-state index >= 15 is 0 Å². The van der Waals surface area contributed by atoms with E-state index in [1.165, 1.54) is 6.26 Å². The molecule has 0 unspecified atom stereocenters. The second kappa shape index (κ2) is 10.6. The van der Waals surface area contributed by atoms with Gasteiger partial charge in [-0.3, -0.25) is 14.0 Å². The lowest BCUT2D eigenvalue weighted by molar-refractivity contribution is 0.0519. The number of halogens is 3. The predicted molar refractivity (Wildman–Crippen MR) is 129 cm³/mol. The molecule has 1 aliphatic carbocycles. The van der Waals surface area contributed by atoms with Crippen LogP contribution in [0.15, 0.2) is 47.6 Å². The highest BCUT2D eigenvalue weighted by Gasteiger charge is 2.34. The minimum atomic E-state index is -1.64. The average molecular weight is 518 g/mol. The van der Waals surface area contributed by atoms with Crippen molar-refractivity contribution in [1.29, 1.82) is 0 Å². The van der Waals surface area contributed by atoms with Gasteiger partial charge in [0.2, 0.25) is 0 Å². The first-order chi connectivity index (χ1) is 17.1. The summed E-state index contributed by atoms with van der Waals surface area (Å²) >= 11 is 0. The van der Waals surface area contributed by atoms with Crippen LogP contribution in [0.2, 0.25) is 0 Å². The summed E-state index contributed by atoms with van der Waals surface area (Å²) in [5, 5.41) is 10.2. The largest absolute Gasteiger partial charge is 0.391 e. The summed E-state index contributed by atoms with van der Waals surface area (Å²) in [7, 11) is -1.64. The van der Waals surface area contributed by atoms with E-state index in [0.29, 0.717) is 18.4 Å². The Morgan fingerprint density at radius 3 is 2.47 bits per heavy atom. The number of rotatable bonds is 6. The van der Waals surface area contributed by atoms with E-state index in [1.54, 1.807) is 12.4 Å². The second-order valence-corrected chi connectivity index (χ2v) is 10.6. The summed E-state index contributed by atoms with van der Waals surface area (Å²) in [6.07, 6.45) is 5.00. The first kappa shape index (κ1) is 26.1. The van der Waals surface area contributed by atoms with Crippen LogP contribution in [-0.2, 0) is 17.2 Å². The molecule has 5 atom stereocenters. The van der Waals surface area contributed by atoms with Crippen molar-refractivity contribution in [3.05, 3.63) is 77.0 Å². The van der Waals surface area contributed by atoms with Gasteiger partial charge >= 0.3 is 0 Å². The molecular weight excluding hydrogens is 491 g/mol. The smallest absolute Gasteiger partial charge is 0.185 e. The highest BCUT2D eigenvalue weighted by molar-refractivity contribution is 7.84. The van der Waals surface area contributed by atoms with Crippen LogP contribution in [0.5, 0.6) is 0 Å². The number of aliphatic hydroxyl groups is 1. The lowest BCUT2D eigenvalue weighted by Gasteiger charge is -2.36. The molecule has 0 bridgehead atoms. The molecule has 190 valence electrons. The van der Waals surface area contributed by atoms with Gasteiger partial charge in [-0.1, -0.05) is 6.92 Å². The minimum Gasteiger partial charge on any atom is -0.391 e. The fraction of sp³-hybridized carbons (Fsp3) is 0.346. The highest BCUT2D eigenvalue weighted by Crippen LogP contribution is 2.37. The van der Waals surface area contributed by atoms with Crippen molar-refractivity contribution in [2.75, 3.05) is 6.26 Å². The van der Waals surface area contributed by atoms with Crippen LogP contribution in [0.1, 0.15) is 47.3 Å². The number of nitrogens with two attached hydrogens (primary N) is 1.